The van der Waals surface area contributed by atoms with Crippen molar-refractivity contribution >= 4 is 11.7 Å². The first-order chi connectivity index (χ1) is 9.84. The van der Waals surface area contributed by atoms with Crippen molar-refractivity contribution in [3.63, 3.8) is 0 Å². The van der Waals surface area contributed by atoms with E-state index in [0.29, 0.717) is 0 Å². The predicted octanol–water partition coefficient (Wildman–Crippen LogP) is 2.22. The zero-order chi connectivity index (χ0) is 15.9. The van der Waals surface area contributed by atoms with E-state index in [0.717, 1.165) is 6.07 Å². The molecule has 0 aliphatic carbocycles. The van der Waals surface area contributed by atoms with Gasteiger partial charge >= 0.3 is 12.2 Å². The van der Waals surface area contributed by atoms with Gasteiger partial charge in [0.25, 0.3) is 0 Å². The average Bonchev–Trinajstić information content (AvgIpc) is 2.38. The van der Waals surface area contributed by atoms with Crippen molar-refractivity contribution in [2.75, 3.05) is 25.6 Å². The lowest BCUT2D eigenvalue weighted by molar-refractivity contribution is -0.136. The number of halogens is 3. The lowest BCUT2D eigenvalue weighted by Crippen LogP contribution is -2.32. The number of urea groups is 1. The summed E-state index contributed by atoms with van der Waals surface area (Å²) >= 11 is 0. The summed E-state index contributed by atoms with van der Waals surface area (Å²) in [6.07, 6.45) is -5.04. The number of carbonyl (C=O) groups is 1. The molecule has 8 heteroatoms. The zero-order valence-corrected chi connectivity index (χ0v) is 11.4. The van der Waals surface area contributed by atoms with Crippen LogP contribution in [-0.4, -0.2) is 37.5 Å². The number of alkyl halides is 3. The third kappa shape index (κ3) is 6.01. The van der Waals surface area contributed by atoms with Crippen molar-refractivity contribution in [2.24, 2.45) is 0 Å². The van der Waals surface area contributed by atoms with Gasteiger partial charge < -0.3 is 20.5 Å². The number of benzene rings is 1. The highest BCUT2D eigenvalue weighted by molar-refractivity contribution is 5.90. The van der Waals surface area contributed by atoms with E-state index in [1.54, 1.807) is 0 Å². The number of aliphatic hydroxyl groups is 1. The Labute approximate surface area is 120 Å². The predicted molar refractivity (Wildman–Crippen MR) is 71.0 cm³/mol. The number of amides is 2. The summed E-state index contributed by atoms with van der Waals surface area (Å²) in [4.78, 5) is 11.5. The van der Waals surface area contributed by atoms with Crippen molar-refractivity contribution < 1.29 is 27.8 Å². The molecule has 0 bridgehead atoms. The lowest BCUT2D eigenvalue weighted by atomic mass is 10.1. The van der Waals surface area contributed by atoms with Crippen LogP contribution in [-0.2, 0) is 10.9 Å². The van der Waals surface area contributed by atoms with E-state index in [1.165, 1.54) is 25.3 Å². The van der Waals surface area contributed by atoms with Crippen LogP contribution < -0.4 is 10.6 Å². The first kappa shape index (κ1) is 17.3. The maximum Gasteiger partial charge on any atom is 0.418 e. The first-order valence-electron chi connectivity index (χ1n) is 6.22. The Bertz CT molecular complexity index is 466. The van der Waals surface area contributed by atoms with Gasteiger partial charge in [0.2, 0.25) is 0 Å². The number of methoxy groups -OCH3 is 1. The topological polar surface area (TPSA) is 70.6 Å². The fraction of sp³-hybridized carbons (Fsp3) is 0.462. The van der Waals surface area contributed by atoms with Crippen LogP contribution in [0.1, 0.15) is 12.0 Å². The second-order valence-electron chi connectivity index (χ2n) is 4.32. The molecular formula is C13H17F3N2O3. The molecule has 3 N–H and O–H groups in total. The van der Waals surface area contributed by atoms with Crippen LogP contribution in [0.3, 0.4) is 0 Å². The zero-order valence-electron chi connectivity index (χ0n) is 11.4. The Balaban J connectivity index is 2.52. The van der Waals surface area contributed by atoms with Gasteiger partial charge in [0.15, 0.2) is 0 Å². The van der Waals surface area contributed by atoms with Crippen molar-refractivity contribution in [3.8, 4) is 0 Å². The van der Waals surface area contributed by atoms with E-state index in [9.17, 15) is 23.1 Å². The number of hydrogen-bond acceptors (Lipinski definition) is 3. The Morgan fingerprint density at radius 3 is 2.67 bits per heavy atom. The molecule has 0 aliphatic rings. The van der Waals surface area contributed by atoms with Crippen LogP contribution in [0.2, 0.25) is 0 Å². The third-order valence-corrected chi connectivity index (χ3v) is 2.60. The number of hydrogen-bond donors (Lipinski definition) is 3. The average molecular weight is 306 g/mol. The molecule has 5 nitrogen and oxygen atoms in total. The largest absolute Gasteiger partial charge is 0.418 e. The molecule has 1 rings (SSSR count). The molecule has 21 heavy (non-hydrogen) atoms. The molecule has 0 saturated carbocycles. The Morgan fingerprint density at radius 1 is 1.38 bits per heavy atom. The van der Waals surface area contributed by atoms with Gasteiger partial charge in [0, 0.05) is 13.7 Å². The molecule has 0 fully saturated rings. The normalized spacial score (nSPS) is 12.8. The number of anilines is 1. The van der Waals surface area contributed by atoms with E-state index >= 15 is 0 Å². The van der Waals surface area contributed by atoms with Crippen LogP contribution in [0.4, 0.5) is 23.7 Å². The molecule has 1 aromatic rings. The summed E-state index contributed by atoms with van der Waals surface area (Å²) in [5.41, 5.74) is -1.24. The molecule has 118 valence electrons. The van der Waals surface area contributed by atoms with E-state index in [-0.39, 0.29) is 25.3 Å². The Hall–Kier alpha value is -1.80. The minimum Gasteiger partial charge on any atom is -0.391 e. The number of aliphatic hydroxyl groups excluding tert-OH is 1. The number of nitrogens with one attached hydrogen (secondary N) is 2. The molecule has 0 aromatic heterocycles. The minimum absolute atomic E-state index is 0.116. The minimum atomic E-state index is -4.54. The smallest absolute Gasteiger partial charge is 0.391 e. The highest BCUT2D eigenvalue weighted by Gasteiger charge is 2.33. The van der Waals surface area contributed by atoms with Gasteiger partial charge in [-0.25, -0.2) is 4.79 Å². The SMILES string of the molecule is COCC(O)CCNC(=O)Nc1ccccc1C(F)(F)F. The van der Waals surface area contributed by atoms with Crippen LogP contribution in [0.5, 0.6) is 0 Å². The van der Waals surface area contributed by atoms with Crippen LogP contribution in [0.25, 0.3) is 0 Å². The molecule has 1 unspecified atom stereocenters. The van der Waals surface area contributed by atoms with E-state index in [2.05, 4.69) is 10.6 Å². The maximum absolute atomic E-state index is 12.7. The number of rotatable bonds is 6. The summed E-state index contributed by atoms with van der Waals surface area (Å²) in [7, 11) is 1.43. The van der Waals surface area contributed by atoms with E-state index < -0.39 is 23.9 Å². The quantitative estimate of drug-likeness (QED) is 0.755. The fourth-order valence-electron chi connectivity index (χ4n) is 1.63. The monoisotopic (exact) mass is 306 g/mol. The van der Waals surface area contributed by atoms with Gasteiger partial charge in [-0.3, -0.25) is 0 Å². The molecule has 1 aromatic carbocycles. The van der Waals surface area contributed by atoms with Gasteiger partial charge in [-0.15, -0.1) is 0 Å². The van der Waals surface area contributed by atoms with Crippen molar-refractivity contribution in [1.82, 2.24) is 5.32 Å². The van der Waals surface area contributed by atoms with Crippen LogP contribution in [0.15, 0.2) is 24.3 Å². The van der Waals surface area contributed by atoms with Crippen molar-refractivity contribution in [2.45, 2.75) is 18.7 Å². The highest BCUT2D eigenvalue weighted by atomic mass is 19.4. The maximum atomic E-state index is 12.7. The second-order valence-corrected chi connectivity index (χ2v) is 4.32. The van der Waals surface area contributed by atoms with Crippen LogP contribution in [0, 0.1) is 0 Å². The van der Waals surface area contributed by atoms with E-state index in [4.69, 9.17) is 4.74 Å². The summed E-state index contributed by atoms with van der Waals surface area (Å²) in [6, 6.07) is 3.93. The molecule has 0 spiro atoms. The number of ether oxygens (including phenoxy) is 1. The van der Waals surface area contributed by atoms with Crippen molar-refractivity contribution in [3.05, 3.63) is 29.8 Å². The van der Waals surface area contributed by atoms with Crippen molar-refractivity contribution in [1.29, 1.82) is 0 Å². The highest BCUT2D eigenvalue weighted by Crippen LogP contribution is 2.34. The van der Waals surface area contributed by atoms with E-state index in [1.807, 2.05) is 0 Å². The molecule has 2 amide bonds. The third-order valence-electron chi connectivity index (χ3n) is 2.60. The van der Waals surface area contributed by atoms with Gasteiger partial charge in [-0.2, -0.15) is 13.2 Å². The lowest BCUT2D eigenvalue weighted by Gasteiger charge is -2.14. The molecular weight excluding hydrogens is 289 g/mol. The molecule has 0 radical (unpaired) electrons. The molecule has 0 aliphatic heterocycles. The molecule has 0 heterocycles. The van der Waals surface area contributed by atoms with Gasteiger partial charge in [0.05, 0.1) is 24.0 Å². The summed E-state index contributed by atoms with van der Waals surface area (Å²) in [5, 5.41) is 13.9. The Kier molecular flexibility index (Phi) is 6.44. The van der Waals surface area contributed by atoms with Gasteiger partial charge in [0.1, 0.15) is 0 Å². The standard InChI is InChI=1S/C13H17F3N2O3/c1-21-8-9(19)6-7-17-12(20)18-11-5-3-2-4-10(11)13(14,15)16/h2-5,9,19H,6-8H2,1H3,(H2,17,18,20). The molecule has 0 saturated heterocycles. The number of para-hydroxylation sites is 1. The van der Waals surface area contributed by atoms with Gasteiger partial charge in [-0.1, -0.05) is 12.1 Å². The van der Waals surface area contributed by atoms with Gasteiger partial charge in [-0.05, 0) is 18.6 Å². The summed E-state index contributed by atoms with van der Waals surface area (Å²) in [6.45, 7) is 0.241. The Morgan fingerprint density at radius 2 is 2.05 bits per heavy atom. The fourth-order valence-corrected chi connectivity index (χ4v) is 1.63. The second kappa shape index (κ2) is 7.84. The summed E-state index contributed by atoms with van der Waals surface area (Å²) < 4.78 is 42.9. The van der Waals surface area contributed by atoms with Crippen LogP contribution >= 0.6 is 0 Å². The summed E-state index contributed by atoms with van der Waals surface area (Å²) in [5.74, 6) is 0. The first-order valence-corrected chi connectivity index (χ1v) is 6.22. The number of carbonyl (C=O) groups excluding carboxylic acids is 1. The molecule has 1 atom stereocenters.